The third-order valence-corrected chi connectivity index (χ3v) is 4.66. The molecular weight excluding hydrogens is 310 g/mol. The topological polar surface area (TPSA) is 98.3 Å². The van der Waals surface area contributed by atoms with E-state index in [1.165, 1.54) is 0 Å². The van der Waals surface area contributed by atoms with Crippen LogP contribution < -0.4 is 5.73 Å². The van der Waals surface area contributed by atoms with Crippen molar-refractivity contribution in [3.05, 3.63) is 22.5 Å². The lowest BCUT2D eigenvalue weighted by Crippen LogP contribution is -1.93. The van der Waals surface area contributed by atoms with E-state index in [-0.39, 0.29) is 0 Å². The van der Waals surface area contributed by atoms with Crippen LogP contribution in [0.15, 0.2) is 11.0 Å². The molecule has 0 atom stereocenters. The number of nitrogens with zero attached hydrogens (tertiary/aromatic N) is 5. The van der Waals surface area contributed by atoms with Crippen molar-refractivity contribution >= 4 is 40.3 Å². The van der Waals surface area contributed by atoms with Gasteiger partial charge in [-0.2, -0.15) is 15.4 Å². The van der Waals surface area contributed by atoms with E-state index in [1.54, 1.807) is 22.5 Å². The van der Waals surface area contributed by atoms with Crippen LogP contribution in [0.4, 0.5) is 5.82 Å². The maximum Gasteiger partial charge on any atom is 0.204 e. The average molecular weight is 324 g/mol. The molecule has 0 aliphatic heterocycles. The van der Waals surface area contributed by atoms with Crippen LogP contribution in [0.3, 0.4) is 0 Å². The number of nitrogen functional groups attached to an aromatic ring is 1. The van der Waals surface area contributed by atoms with Gasteiger partial charge in [-0.3, -0.25) is 4.68 Å². The van der Waals surface area contributed by atoms with Crippen molar-refractivity contribution in [1.82, 2.24) is 30.2 Å². The molecular formula is C12H14ClN7S. The minimum atomic E-state index is 0.423. The van der Waals surface area contributed by atoms with Crippen molar-refractivity contribution in [2.45, 2.75) is 24.0 Å². The molecule has 21 heavy (non-hydrogen) atoms. The molecule has 0 saturated carbocycles. The molecule has 0 aliphatic rings. The first-order valence-electron chi connectivity index (χ1n) is 6.40. The van der Waals surface area contributed by atoms with E-state index >= 15 is 0 Å². The van der Waals surface area contributed by atoms with Crippen LogP contribution in [0, 0.1) is 0 Å². The fourth-order valence-corrected chi connectivity index (χ4v) is 3.49. The minimum absolute atomic E-state index is 0.423. The Morgan fingerprint density at radius 1 is 1.43 bits per heavy atom. The van der Waals surface area contributed by atoms with Gasteiger partial charge in [0.25, 0.3) is 0 Å². The van der Waals surface area contributed by atoms with Crippen molar-refractivity contribution < 1.29 is 0 Å². The van der Waals surface area contributed by atoms with Crippen molar-refractivity contribution in [3.8, 4) is 0 Å². The first-order valence-corrected chi connectivity index (χ1v) is 7.76. The highest BCUT2D eigenvalue weighted by Gasteiger charge is 2.15. The number of thioether (sulfide) groups is 1. The summed E-state index contributed by atoms with van der Waals surface area (Å²) in [6.07, 6.45) is 0.842. The zero-order chi connectivity index (χ0) is 15.0. The Labute approximate surface area is 130 Å². The molecule has 0 bridgehead atoms. The molecule has 3 heterocycles. The van der Waals surface area contributed by atoms with E-state index < -0.39 is 0 Å². The molecule has 3 aromatic rings. The number of hydrogen-bond donors (Lipinski definition) is 2. The number of nitrogens with two attached hydrogens (primary N) is 1. The molecule has 0 saturated heterocycles. The van der Waals surface area contributed by atoms with Crippen LogP contribution in [0.2, 0.25) is 5.15 Å². The van der Waals surface area contributed by atoms with Gasteiger partial charge in [0.05, 0.1) is 5.69 Å². The average Bonchev–Trinajstić information content (AvgIpc) is 3.02. The molecule has 0 unspecified atom stereocenters. The smallest absolute Gasteiger partial charge is 0.204 e. The van der Waals surface area contributed by atoms with Gasteiger partial charge in [-0.05, 0) is 12.5 Å². The van der Waals surface area contributed by atoms with Gasteiger partial charge >= 0.3 is 0 Å². The number of nitrogens with one attached hydrogen (secondary N) is 1. The number of anilines is 1. The zero-order valence-electron chi connectivity index (χ0n) is 11.6. The highest BCUT2D eigenvalue weighted by atomic mass is 35.5. The predicted octanol–water partition coefficient (Wildman–Crippen LogP) is 2.18. The molecule has 0 radical (unpaired) electrons. The van der Waals surface area contributed by atoms with Gasteiger partial charge in [0.2, 0.25) is 5.65 Å². The lowest BCUT2D eigenvalue weighted by Gasteiger charge is -2.04. The highest BCUT2D eigenvalue weighted by Crippen LogP contribution is 2.32. The van der Waals surface area contributed by atoms with Crippen molar-refractivity contribution in [3.63, 3.8) is 0 Å². The fraction of sp³-hybridized carbons (Fsp3) is 0.333. The summed E-state index contributed by atoms with van der Waals surface area (Å²) in [4.78, 5) is 5.05. The van der Waals surface area contributed by atoms with E-state index in [2.05, 4.69) is 32.4 Å². The Hall–Kier alpha value is -1.80. The summed E-state index contributed by atoms with van der Waals surface area (Å²) < 4.78 is 1.70. The summed E-state index contributed by atoms with van der Waals surface area (Å²) >= 11 is 7.90. The zero-order valence-corrected chi connectivity index (χ0v) is 13.2. The molecule has 7 nitrogen and oxygen atoms in total. The maximum atomic E-state index is 6.30. The largest absolute Gasteiger partial charge is 0.384 e. The Balaban J connectivity index is 1.92. The Morgan fingerprint density at radius 2 is 2.24 bits per heavy atom. The van der Waals surface area contributed by atoms with Crippen molar-refractivity contribution in [1.29, 1.82) is 0 Å². The lowest BCUT2D eigenvalue weighted by atomic mass is 10.2. The number of H-pyrrole nitrogens is 1. The van der Waals surface area contributed by atoms with E-state index in [4.69, 9.17) is 17.3 Å². The lowest BCUT2D eigenvalue weighted by molar-refractivity contribution is 0.747. The standard InChI is InChI=1S/C12H14ClN7S/c1-3-7-6(11(13)20(2)18-7)5-21-8-4-9(14)15-12-10(8)16-19-17-12/h4H,3,5H2,1-2H3,(H3,14,15,16,17,19). The number of pyridine rings is 1. The Morgan fingerprint density at radius 3 is 3.00 bits per heavy atom. The van der Waals surface area contributed by atoms with Gasteiger partial charge < -0.3 is 5.73 Å². The Bertz CT molecular complexity index is 794. The van der Waals surface area contributed by atoms with E-state index in [1.807, 2.05) is 7.05 Å². The first-order chi connectivity index (χ1) is 10.1. The quantitative estimate of drug-likeness (QED) is 0.714. The van der Waals surface area contributed by atoms with E-state index in [0.717, 1.165) is 22.6 Å². The second kappa shape index (κ2) is 5.53. The Kier molecular flexibility index (Phi) is 3.73. The highest BCUT2D eigenvalue weighted by molar-refractivity contribution is 7.98. The monoisotopic (exact) mass is 323 g/mol. The van der Waals surface area contributed by atoms with Gasteiger partial charge in [-0.25, -0.2) is 4.98 Å². The van der Waals surface area contributed by atoms with E-state index in [9.17, 15) is 0 Å². The molecule has 3 aromatic heterocycles. The number of rotatable bonds is 4. The number of fused-ring (bicyclic) bond motifs is 1. The summed E-state index contributed by atoms with van der Waals surface area (Å²) in [5.41, 5.74) is 9.08. The van der Waals surface area contributed by atoms with Crippen LogP contribution in [0.5, 0.6) is 0 Å². The first kappa shape index (κ1) is 14.2. The normalized spacial score (nSPS) is 11.4. The summed E-state index contributed by atoms with van der Waals surface area (Å²) in [5.74, 6) is 1.12. The van der Waals surface area contributed by atoms with Gasteiger partial charge in [0, 0.05) is 23.3 Å². The molecule has 0 amide bonds. The van der Waals surface area contributed by atoms with Crippen LogP contribution in [0.1, 0.15) is 18.2 Å². The van der Waals surface area contributed by atoms with Gasteiger partial charge in [-0.15, -0.1) is 16.9 Å². The van der Waals surface area contributed by atoms with Crippen molar-refractivity contribution in [2.75, 3.05) is 5.73 Å². The molecule has 0 aromatic carbocycles. The minimum Gasteiger partial charge on any atom is -0.384 e. The van der Waals surface area contributed by atoms with Gasteiger partial charge in [0.15, 0.2) is 0 Å². The SMILES string of the molecule is CCc1nn(C)c(Cl)c1CSc1cc(N)nc2n[nH]nc12. The van der Waals surface area contributed by atoms with Crippen LogP contribution >= 0.6 is 23.4 Å². The number of aryl methyl sites for hydroxylation is 2. The van der Waals surface area contributed by atoms with Gasteiger partial charge in [-0.1, -0.05) is 18.5 Å². The number of halogens is 1. The molecule has 3 N–H and O–H groups in total. The van der Waals surface area contributed by atoms with Crippen LogP contribution in [-0.2, 0) is 19.2 Å². The molecule has 3 rings (SSSR count). The fourth-order valence-electron chi connectivity index (χ4n) is 2.11. The summed E-state index contributed by atoms with van der Waals surface area (Å²) in [5, 5.41) is 15.7. The van der Waals surface area contributed by atoms with Gasteiger partial charge in [0.1, 0.15) is 16.5 Å². The summed E-state index contributed by atoms with van der Waals surface area (Å²) in [6, 6.07) is 1.80. The van der Waals surface area contributed by atoms with E-state index in [0.29, 0.717) is 27.9 Å². The maximum absolute atomic E-state index is 6.30. The second-order valence-electron chi connectivity index (χ2n) is 4.52. The molecule has 0 fully saturated rings. The van der Waals surface area contributed by atoms with Crippen LogP contribution in [0.25, 0.3) is 11.2 Å². The summed E-state index contributed by atoms with van der Waals surface area (Å²) in [6.45, 7) is 2.06. The molecule has 110 valence electrons. The number of aromatic nitrogens is 6. The third-order valence-electron chi connectivity index (χ3n) is 3.14. The molecule has 0 aliphatic carbocycles. The summed E-state index contributed by atoms with van der Waals surface area (Å²) in [7, 11) is 1.84. The third kappa shape index (κ3) is 2.56. The van der Waals surface area contributed by atoms with Crippen LogP contribution in [-0.4, -0.2) is 30.2 Å². The predicted molar refractivity (Wildman–Crippen MR) is 83.3 cm³/mol. The van der Waals surface area contributed by atoms with Crippen molar-refractivity contribution in [2.24, 2.45) is 7.05 Å². The number of hydrogen-bond acceptors (Lipinski definition) is 6. The molecule has 0 spiro atoms. The second-order valence-corrected chi connectivity index (χ2v) is 5.90. The number of aromatic amines is 1. The molecule has 9 heteroatoms.